The van der Waals surface area contributed by atoms with Crippen molar-refractivity contribution < 1.29 is 0 Å². The Labute approximate surface area is 177 Å². The molecule has 0 heterocycles. The highest BCUT2D eigenvalue weighted by molar-refractivity contribution is 5.58. The molecule has 0 aliphatic heterocycles. The SMILES string of the molecule is CCCCC(CC)CCc1cc(C(C)(C)C)c(CC)cc1/C=C/C(C)(C)CC. The van der Waals surface area contributed by atoms with E-state index in [1.54, 1.807) is 11.1 Å². The molecule has 0 spiro atoms. The van der Waals surface area contributed by atoms with Crippen LogP contribution < -0.4 is 0 Å². The van der Waals surface area contributed by atoms with E-state index in [-0.39, 0.29) is 10.8 Å². The lowest BCUT2D eigenvalue weighted by molar-refractivity contribution is 0.421. The van der Waals surface area contributed by atoms with E-state index in [0.29, 0.717) is 0 Å². The molecule has 0 nitrogen and oxygen atoms in total. The highest BCUT2D eigenvalue weighted by Crippen LogP contribution is 2.32. The molecule has 1 aromatic carbocycles. The van der Waals surface area contributed by atoms with E-state index in [2.05, 4.69) is 86.6 Å². The number of benzene rings is 1. The summed E-state index contributed by atoms with van der Waals surface area (Å²) < 4.78 is 0. The highest BCUT2D eigenvalue weighted by atomic mass is 14.2. The second-order valence-corrected chi connectivity index (χ2v) is 10.4. The van der Waals surface area contributed by atoms with Gasteiger partial charge in [0.25, 0.3) is 0 Å². The van der Waals surface area contributed by atoms with Crippen LogP contribution in [0.1, 0.15) is 123 Å². The van der Waals surface area contributed by atoms with E-state index in [4.69, 9.17) is 0 Å². The van der Waals surface area contributed by atoms with E-state index in [1.165, 1.54) is 56.1 Å². The molecule has 0 amide bonds. The Kier molecular flexibility index (Phi) is 10.0. The number of unbranched alkanes of at least 4 members (excludes halogenated alkanes) is 1. The van der Waals surface area contributed by atoms with Crippen molar-refractivity contribution in [3.63, 3.8) is 0 Å². The maximum atomic E-state index is 2.55. The van der Waals surface area contributed by atoms with Gasteiger partial charge in [-0.15, -0.1) is 0 Å². The molecule has 0 saturated heterocycles. The van der Waals surface area contributed by atoms with Gasteiger partial charge in [-0.3, -0.25) is 0 Å². The molecule has 1 rings (SSSR count). The van der Waals surface area contributed by atoms with E-state index in [1.807, 2.05) is 0 Å². The quantitative estimate of drug-likeness (QED) is 0.357. The first-order valence-electron chi connectivity index (χ1n) is 11.9. The van der Waals surface area contributed by atoms with E-state index in [9.17, 15) is 0 Å². The van der Waals surface area contributed by atoms with Crippen LogP contribution in [0.15, 0.2) is 18.2 Å². The predicted octanol–water partition coefficient (Wildman–Crippen LogP) is 9.14. The van der Waals surface area contributed by atoms with Gasteiger partial charge < -0.3 is 0 Å². The monoisotopic (exact) mass is 384 g/mol. The first kappa shape index (κ1) is 25.0. The molecule has 160 valence electrons. The third-order valence-corrected chi connectivity index (χ3v) is 6.54. The van der Waals surface area contributed by atoms with Gasteiger partial charge in [0.15, 0.2) is 0 Å². The van der Waals surface area contributed by atoms with E-state index >= 15 is 0 Å². The molecule has 1 atom stereocenters. The predicted molar refractivity (Wildman–Crippen MR) is 129 cm³/mol. The number of rotatable bonds is 11. The first-order chi connectivity index (χ1) is 13.1. The number of hydrogen-bond acceptors (Lipinski definition) is 0. The lowest BCUT2D eigenvalue weighted by atomic mass is 9.79. The summed E-state index contributed by atoms with van der Waals surface area (Å²) in [7, 11) is 0. The van der Waals surface area contributed by atoms with Gasteiger partial charge in [-0.25, -0.2) is 0 Å². The van der Waals surface area contributed by atoms with Gasteiger partial charge in [-0.1, -0.05) is 112 Å². The van der Waals surface area contributed by atoms with E-state index in [0.717, 1.165) is 12.3 Å². The van der Waals surface area contributed by atoms with Crippen LogP contribution in [-0.4, -0.2) is 0 Å². The third-order valence-electron chi connectivity index (χ3n) is 6.54. The van der Waals surface area contributed by atoms with Crippen LogP contribution in [0.4, 0.5) is 0 Å². The zero-order valence-electron chi connectivity index (χ0n) is 20.5. The molecule has 1 unspecified atom stereocenters. The summed E-state index contributed by atoms with van der Waals surface area (Å²) in [6.07, 6.45) is 15.0. The Morgan fingerprint density at radius 1 is 0.893 bits per heavy atom. The van der Waals surface area contributed by atoms with Gasteiger partial charge >= 0.3 is 0 Å². The summed E-state index contributed by atoms with van der Waals surface area (Å²) in [5.74, 6) is 0.868. The fourth-order valence-corrected chi connectivity index (χ4v) is 3.91. The van der Waals surface area contributed by atoms with Crippen LogP contribution in [0, 0.1) is 11.3 Å². The molecule has 1 aromatic rings. The molecule has 28 heavy (non-hydrogen) atoms. The minimum Gasteiger partial charge on any atom is -0.0783 e. The minimum atomic E-state index is 0.206. The normalized spacial score (nSPS) is 14.0. The summed E-state index contributed by atoms with van der Waals surface area (Å²) in [5.41, 5.74) is 6.54. The molecule has 0 aromatic heterocycles. The second-order valence-electron chi connectivity index (χ2n) is 10.4. The van der Waals surface area contributed by atoms with Crippen molar-refractivity contribution in [3.05, 3.63) is 40.5 Å². The molecule has 0 fully saturated rings. The summed E-state index contributed by atoms with van der Waals surface area (Å²) in [5, 5.41) is 0. The molecule has 0 heteroatoms. The molecule has 0 aliphatic carbocycles. The van der Waals surface area contributed by atoms with E-state index < -0.39 is 0 Å². The van der Waals surface area contributed by atoms with Crippen LogP contribution in [-0.2, 0) is 18.3 Å². The van der Waals surface area contributed by atoms with Crippen molar-refractivity contribution in [2.75, 3.05) is 0 Å². The smallest absolute Gasteiger partial charge is 0.0129 e. The summed E-state index contributed by atoms with van der Waals surface area (Å²) in [6.45, 7) is 21.0. The van der Waals surface area contributed by atoms with Crippen molar-refractivity contribution in [2.24, 2.45) is 11.3 Å². The van der Waals surface area contributed by atoms with Gasteiger partial charge in [-0.05, 0) is 64.7 Å². The fourth-order valence-electron chi connectivity index (χ4n) is 3.91. The van der Waals surface area contributed by atoms with Crippen molar-refractivity contribution in [1.29, 1.82) is 0 Å². The lowest BCUT2D eigenvalue weighted by Crippen LogP contribution is -2.15. The number of hydrogen-bond donors (Lipinski definition) is 0. The number of allylic oxidation sites excluding steroid dienone is 1. The molecule has 0 aliphatic rings. The van der Waals surface area contributed by atoms with Crippen LogP contribution in [0.3, 0.4) is 0 Å². The molecule has 0 N–H and O–H groups in total. The number of aryl methyl sites for hydroxylation is 2. The third kappa shape index (κ3) is 7.76. The molecular weight excluding hydrogens is 336 g/mol. The summed E-state index contributed by atoms with van der Waals surface area (Å²) in [4.78, 5) is 0. The largest absolute Gasteiger partial charge is 0.0783 e. The zero-order chi connectivity index (χ0) is 21.4. The molecule has 0 radical (unpaired) electrons. The Morgan fingerprint density at radius 2 is 1.57 bits per heavy atom. The van der Waals surface area contributed by atoms with Crippen molar-refractivity contribution in [3.8, 4) is 0 Å². The standard InChI is InChI=1S/C28H48/c1-10-14-15-22(11-2)16-17-24-21-26(27(5,6)7)23(12-3)20-25(24)18-19-28(8,9)13-4/h18-22H,10-17H2,1-9H3/b19-18+. The van der Waals surface area contributed by atoms with Gasteiger partial charge in [0.1, 0.15) is 0 Å². The van der Waals surface area contributed by atoms with Gasteiger partial charge in [-0.2, -0.15) is 0 Å². The average Bonchev–Trinajstić information content (AvgIpc) is 2.65. The van der Waals surface area contributed by atoms with Crippen LogP contribution >= 0.6 is 0 Å². The maximum Gasteiger partial charge on any atom is -0.0129 e. The fraction of sp³-hybridized carbons (Fsp3) is 0.714. The molecule has 0 bridgehead atoms. The zero-order valence-corrected chi connectivity index (χ0v) is 20.5. The first-order valence-corrected chi connectivity index (χ1v) is 11.9. The summed E-state index contributed by atoms with van der Waals surface area (Å²) in [6, 6.07) is 5.04. The van der Waals surface area contributed by atoms with Gasteiger partial charge in [0.05, 0.1) is 0 Å². The maximum absolute atomic E-state index is 2.55. The second kappa shape index (κ2) is 11.2. The van der Waals surface area contributed by atoms with Crippen LogP contribution in [0.2, 0.25) is 0 Å². The highest BCUT2D eigenvalue weighted by Gasteiger charge is 2.20. The lowest BCUT2D eigenvalue weighted by Gasteiger charge is -2.26. The Morgan fingerprint density at radius 3 is 2.07 bits per heavy atom. The Balaban J connectivity index is 3.27. The minimum absolute atomic E-state index is 0.206. The van der Waals surface area contributed by atoms with Crippen LogP contribution in [0.25, 0.3) is 6.08 Å². The van der Waals surface area contributed by atoms with Gasteiger partial charge in [0, 0.05) is 0 Å². The molecular formula is C28H48. The van der Waals surface area contributed by atoms with Crippen molar-refractivity contribution in [1.82, 2.24) is 0 Å². The average molecular weight is 385 g/mol. The van der Waals surface area contributed by atoms with Gasteiger partial charge in [0.2, 0.25) is 0 Å². The Hall–Kier alpha value is -1.04. The van der Waals surface area contributed by atoms with Crippen molar-refractivity contribution in [2.45, 2.75) is 119 Å². The Bertz CT molecular complexity index is 610. The van der Waals surface area contributed by atoms with Crippen LogP contribution in [0.5, 0.6) is 0 Å². The summed E-state index contributed by atoms with van der Waals surface area (Å²) >= 11 is 0. The molecule has 0 saturated carbocycles. The topological polar surface area (TPSA) is 0 Å². The van der Waals surface area contributed by atoms with Crippen molar-refractivity contribution >= 4 is 6.08 Å².